The van der Waals surface area contributed by atoms with Crippen LogP contribution in [-0.4, -0.2) is 54.7 Å². The number of rotatable bonds is 5. The van der Waals surface area contributed by atoms with E-state index >= 15 is 0 Å². The van der Waals surface area contributed by atoms with Gasteiger partial charge in [0.1, 0.15) is 10.7 Å². The van der Waals surface area contributed by atoms with E-state index in [-0.39, 0.29) is 11.6 Å². The Bertz CT molecular complexity index is 776. The molecule has 1 aliphatic heterocycles. The molecule has 26 heavy (non-hydrogen) atoms. The summed E-state index contributed by atoms with van der Waals surface area (Å²) in [5, 5.41) is 29.2. The summed E-state index contributed by atoms with van der Waals surface area (Å²) in [5.41, 5.74) is 0. The molecule has 2 N–H and O–H groups in total. The average Bonchev–Trinajstić information content (AvgIpc) is 3.12. The van der Waals surface area contributed by atoms with E-state index in [0.29, 0.717) is 9.38 Å². The molecular weight excluding hydrogens is 382 g/mol. The number of carbonyl (C=O) groups excluding carboxylic acids is 1. The number of hydroxylamine groups is 2. The highest BCUT2D eigenvalue weighted by atomic mass is 32.2. The van der Waals surface area contributed by atoms with Gasteiger partial charge >= 0.3 is 11.9 Å². The number of thiocarbonyl (C=S) groups is 1. The van der Waals surface area contributed by atoms with E-state index in [1.54, 1.807) is 0 Å². The first kappa shape index (κ1) is 19.9. The Balaban J connectivity index is 2.15. The maximum absolute atomic E-state index is 11.8. The first-order valence-electron chi connectivity index (χ1n) is 7.34. The SMILES string of the molecule is CNC(=O)N(O)C1N(/N=C/C=C/c2ccc([N+](=O)[O-])o2)C(=S)SC1(C)C. The van der Waals surface area contributed by atoms with Gasteiger partial charge in [0.25, 0.3) is 0 Å². The molecule has 2 amide bonds. The van der Waals surface area contributed by atoms with Gasteiger partial charge in [-0.1, -0.05) is 24.0 Å². The predicted octanol–water partition coefficient (Wildman–Crippen LogP) is 2.66. The molecule has 140 valence electrons. The van der Waals surface area contributed by atoms with Crippen LogP contribution in [-0.2, 0) is 0 Å². The molecule has 2 rings (SSSR count). The van der Waals surface area contributed by atoms with Crippen molar-refractivity contribution in [2.45, 2.75) is 24.8 Å². The van der Waals surface area contributed by atoms with Crippen molar-refractivity contribution in [3.63, 3.8) is 0 Å². The Morgan fingerprint density at radius 1 is 1.62 bits per heavy atom. The second-order valence-electron chi connectivity index (χ2n) is 5.65. The lowest BCUT2D eigenvalue weighted by Gasteiger charge is -2.33. The fourth-order valence-corrected chi connectivity index (χ4v) is 4.02. The van der Waals surface area contributed by atoms with Crippen molar-refractivity contribution in [2.75, 3.05) is 7.05 Å². The third-order valence-electron chi connectivity index (χ3n) is 3.37. The lowest BCUT2D eigenvalue weighted by Crippen LogP contribution is -2.55. The summed E-state index contributed by atoms with van der Waals surface area (Å²) in [6.07, 6.45) is 3.56. The monoisotopic (exact) mass is 399 g/mol. The smallest absolute Gasteiger partial charge is 0.401 e. The minimum absolute atomic E-state index is 0.285. The summed E-state index contributed by atoms with van der Waals surface area (Å²) in [4.78, 5) is 21.7. The number of nitrogens with one attached hydrogen (secondary N) is 1. The zero-order valence-corrected chi connectivity index (χ0v) is 15.8. The highest BCUT2D eigenvalue weighted by Crippen LogP contribution is 2.42. The average molecular weight is 399 g/mol. The van der Waals surface area contributed by atoms with Gasteiger partial charge in [0, 0.05) is 13.3 Å². The van der Waals surface area contributed by atoms with E-state index in [0.717, 1.165) is 0 Å². The Morgan fingerprint density at radius 2 is 2.31 bits per heavy atom. The summed E-state index contributed by atoms with van der Waals surface area (Å²) >= 11 is 6.57. The van der Waals surface area contributed by atoms with Gasteiger partial charge in [-0.05, 0) is 32.1 Å². The van der Waals surface area contributed by atoms with Crippen molar-refractivity contribution in [1.29, 1.82) is 0 Å². The topological polar surface area (TPSA) is 124 Å². The van der Waals surface area contributed by atoms with Crippen LogP contribution in [0.25, 0.3) is 6.08 Å². The van der Waals surface area contributed by atoms with Gasteiger partial charge in [0.05, 0.1) is 10.8 Å². The molecule has 0 saturated carbocycles. The Labute approximate surface area is 158 Å². The number of amides is 2. The Hall–Kier alpha value is -2.44. The maximum atomic E-state index is 11.8. The largest absolute Gasteiger partial charge is 0.433 e. The van der Waals surface area contributed by atoms with E-state index in [2.05, 4.69) is 10.4 Å². The summed E-state index contributed by atoms with van der Waals surface area (Å²) in [5.74, 6) is -0.0745. The molecule has 0 radical (unpaired) electrons. The van der Waals surface area contributed by atoms with Crippen molar-refractivity contribution < 1.29 is 19.3 Å². The molecule has 12 heteroatoms. The fraction of sp³-hybridized carbons (Fsp3) is 0.357. The van der Waals surface area contributed by atoms with Crippen molar-refractivity contribution in [3.05, 3.63) is 34.1 Å². The molecule has 1 aromatic heterocycles. The first-order chi connectivity index (χ1) is 12.2. The maximum Gasteiger partial charge on any atom is 0.433 e. The number of allylic oxidation sites excluding steroid dienone is 1. The molecule has 1 fully saturated rings. The molecule has 0 spiro atoms. The molecule has 0 aliphatic carbocycles. The molecule has 1 atom stereocenters. The lowest BCUT2D eigenvalue weighted by molar-refractivity contribution is -0.402. The Morgan fingerprint density at radius 3 is 2.88 bits per heavy atom. The van der Waals surface area contributed by atoms with Gasteiger partial charge in [-0.15, -0.1) is 0 Å². The molecule has 1 aliphatic rings. The molecular formula is C14H17N5O5S2. The first-order valence-corrected chi connectivity index (χ1v) is 8.56. The standard InChI is InChI=1S/C14H17N5O5S2/c1-14(2)11(18(21)12(20)15-3)17(13(25)26-14)16-8-4-5-9-6-7-10(24-9)19(22)23/h4-8,11,21H,1-3H3,(H,15,20)/b5-4+,16-8+. The van der Waals surface area contributed by atoms with Gasteiger partial charge in [0.15, 0.2) is 10.5 Å². The third-order valence-corrected chi connectivity index (χ3v) is 4.91. The number of carbonyl (C=O) groups is 1. The minimum Gasteiger partial charge on any atom is -0.401 e. The van der Waals surface area contributed by atoms with Crippen LogP contribution in [0.5, 0.6) is 0 Å². The van der Waals surface area contributed by atoms with Crippen molar-refractivity contribution in [1.82, 2.24) is 15.4 Å². The van der Waals surface area contributed by atoms with E-state index in [1.807, 2.05) is 13.8 Å². The number of hydrogen-bond acceptors (Lipinski definition) is 8. The van der Waals surface area contributed by atoms with E-state index in [9.17, 15) is 20.1 Å². The lowest BCUT2D eigenvalue weighted by atomic mass is 10.1. The van der Waals surface area contributed by atoms with E-state index in [1.165, 1.54) is 54.3 Å². The van der Waals surface area contributed by atoms with Crippen LogP contribution in [0.2, 0.25) is 0 Å². The normalized spacial score (nSPS) is 19.5. The summed E-state index contributed by atoms with van der Waals surface area (Å²) in [7, 11) is 1.40. The van der Waals surface area contributed by atoms with Crippen molar-refractivity contribution >= 4 is 52.5 Å². The van der Waals surface area contributed by atoms with Crippen LogP contribution in [0.3, 0.4) is 0 Å². The van der Waals surface area contributed by atoms with Gasteiger partial charge in [-0.3, -0.25) is 15.3 Å². The van der Waals surface area contributed by atoms with Crippen molar-refractivity contribution in [3.8, 4) is 0 Å². The zero-order chi connectivity index (χ0) is 19.5. The van der Waals surface area contributed by atoms with Crippen molar-refractivity contribution in [2.24, 2.45) is 5.10 Å². The number of nitrogens with zero attached hydrogens (tertiary/aromatic N) is 4. The summed E-state index contributed by atoms with van der Waals surface area (Å²) in [6, 6.07) is 2.01. The summed E-state index contributed by atoms with van der Waals surface area (Å²) < 4.78 is 4.78. The molecule has 1 aromatic rings. The predicted molar refractivity (Wildman–Crippen MR) is 101 cm³/mol. The fourth-order valence-electron chi connectivity index (χ4n) is 2.23. The minimum atomic E-state index is -0.811. The number of hydrogen-bond donors (Lipinski definition) is 2. The molecule has 0 aromatic carbocycles. The molecule has 10 nitrogen and oxygen atoms in total. The highest BCUT2D eigenvalue weighted by molar-refractivity contribution is 8.24. The van der Waals surface area contributed by atoms with Crippen LogP contribution in [0.15, 0.2) is 27.7 Å². The third kappa shape index (κ3) is 4.20. The molecule has 1 saturated heterocycles. The molecule has 0 bridgehead atoms. The van der Waals surface area contributed by atoms with E-state index in [4.69, 9.17) is 16.6 Å². The highest BCUT2D eigenvalue weighted by Gasteiger charge is 2.49. The second kappa shape index (κ2) is 7.85. The van der Waals surface area contributed by atoms with E-state index < -0.39 is 21.9 Å². The van der Waals surface area contributed by atoms with Crippen LogP contribution in [0.1, 0.15) is 19.6 Å². The van der Waals surface area contributed by atoms with Gasteiger partial charge in [-0.2, -0.15) is 10.2 Å². The van der Waals surface area contributed by atoms with Gasteiger partial charge < -0.3 is 9.73 Å². The van der Waals surface area contributed by atoms with Gasteiger partial charge in [-0.25, -0.2) is 9.80 Å². The second-order valence-corrected chi connectivity index (χ2v) is 7.93. The number of thioether (sulfide) groups is 1. The van der Waals surface area contributed by atoms with Crippen LogP contribution in [0.4, 0.5) is 10.7 Å². The van der Waals surface area contributed by atoms with Gasteiger partial charge in [0.2, 0.25) is 0 Å². The summed E-state index contributed by atoms with van der Waals surface area (Å²) in [6.45, 7) is 3.66. The van der Waals surface area contributed by atoms with Crippen LogP contribution >= 0.6 is 24.0 Å². The zero-order valence-electron chi connectivity index (χ0n) is 14.1. The molecule has 1 unspecified atom stereocenters. The number of hydrazone groups is 1. The van der Waals surface area contributed by atoms with Crippen LogP contribution < -0.4 is 5.32 Å². The number of urea groups is 1. The Kier molecular flexibility index (Phi) is 6.00. The number of nitro groups is 1. The van der Waals surface area contributed by atoms with Crippen LogP contribution in [0, 0.1) is 10.1 Å². The quantitative estimate of drug-likeness (QED) is 0.255. The molecule has 2 heterocycles. The number of furan rings is 1.